The van der Waals surface area contributed by atoms with Crippen molar-refractivity contribution in [2.45, 2.75) is 0 Å². The van der Waals surface area contributed by atoms with Crippen molar-refractivity contribution >= 4 is 22.7 Å². The number of benzene rings is 1. The molecule has 2 heterocycles. The first-order valence-corrected chi connectivity index (χ1v) is 6.49. The summed E-state index contributed by atoms with van der Waals surface area (Å²) in [5.41, 5.74) is 0.962. The molecular formula is C14H18N4O. The van der Waals surface area contributed by atoms with Crippen molar-refractivity contribution in [2.24, 2.45) is 5.92 Å². The van der Waals surface area contributed by atoms with Gasteiger partial charge in [-0.1, -0.05) is 12.1 Å². The van der Waals surface area contributed by atoms with E-state index in [1.165, 1.54) is 0 Å². The van der Waals surface area contributed by atoms with Gasteiger partial charge in [-0.25, -0.2) is 4.98 Å². The molecule has 1 aromatic carbocycles. The van der Waals surface area contributed by atoms with Crippen LogP contribution in [0, 0.1) is 5.92 Å². The van der Waals surface area contributed by atoms with Gasteiger partial charge in [0.15, 0.2) is 0 Å². The van der Waals surface area contributed by atoms with Crippen molar-refractivity contribution in [3.8, 4) is 0 Å². The Balaban J connectivity index is 2.06. The quantitative estimate of drug-likeness (QED) is 0.894. The van der Waals surface area contributed by atoms with E-state index >= 15 is 0 Å². The SMILES string of the molecule is CN(C)c1nc(N2CC(CO)C2)c2ccccc2n1. The van der Waals surface area contributed by atoms with Crippen LogP contribution in [0.15, 0.2) is 24.3 Å². The van der Waals surface area contributed by atoms with Gasteiger partial charge in [-0.2, -0.15) is 4.98 Å². The van der Waals surface area contributed by atoms with Crippen LogP contribution >= 0.6 is 0 Å². The summed E-state index contributed by atoms with van der Waals surface area (Å²) in [6.07, 6.45) is 0. The average Bonchev–Trinajstić information content (AvgIpc) is 2.37. The Bertz CT molecular complexity index is 593. The van der Waals surface area contributed by atoms with E-state index in [-0.39, 0.29) is 6.61 Å². The topological polar surface area (TPSA) is 52.5 Å². The minimum absolute atomic E-state index is 0.250. The first-order valence-electron chi connectivity index (χ1n) is 6.49. The Morgan fingerprint density at radius 1 is 1.26 bits per heavy atom. The molecule has 0 amide bonds. The largest absolute Gasteiger partial charge is 0.396 e. The first kappa shape index (κ1) is 12.2. The second-order valence-electron chi connectivity index (χ2n) is 5.21. The Morgan fingerprint density at radius 3 is 2.68 bits per heavy atom. The maximum atomic E-state index is 9.14. The lowest BCUT2D eigenvalue weighted by atomic mass is 10.0. The van der Waals surface area contributed by atoms with Gasteiger partial charge in [0, 0.05) is 45.1 Å². The fourth-order valence-electron chi connectivity index (χ4n) is 2.35. The molecule has 0 aliphatic carbocycles. The number of para-hydroxylation sites is 1. The van der Waals surface area contributed by atoms with Crippen molar-refractivity contribution in [3.63, 3.8) is 0 Å². The van der Waals surface area contributed by atoms with Crippen LogP contribution in [-0.4, -0.2) is 48.9 Å². The number of aliphatic hydroxyl groups is 1. The van der Waals surface area contributed by atoms with E-state index in [1.54, 1.807) is 0 Å². The zero-order valence-electron chi connectivity index (χ0n) is 11.2. The number of fused-ring (bicyclic) bond motifs is 1. The third-order valence-electron chi connectivity index (χ3n) is 3.49. The summed E-state index contributed by atoms with van der Waals surface area (Å²) in [5.74, 6) is 2.07. The Morgan fingerprint density at radius 2 is 2.00 bits per heavy atom. The van der Waals surface area contributed by atoms with Gasteiger partial charge in [0.05, 0.1) is 5.52 Å². The van der Waals surface area contributed by atoms with Crippen LogP contribution in [-0.2, 0) is 0 Å². The number of anilines is 2. The van der Waals surface area contributed by atoms with E-state index in [4.69, 9.17) is 5.11 Å². The first-order chi connectivity index (χ1) is 9.19. The normalized spacial score (nSPS) is 15.6. The number of nitrogens with zero attached hydrogens (tertiary/aromatic N) is 4. The Kier molecular flexibility index (Phi) is 2.98. The van der Waals surface area contributed by atoms with Gasteiger partial charge in [0.25, 0.3) is 0 Å². The molecule has 0 bridgehead atoms. The van der Waals surface area contributed by atoms with Gasteiger partial charge >= 0.3 is 0 Å². The molecule has 0 unspecified atom stereocenters. The molecule has 5 nitrogen and oxygen atoms in total. The number of hydrogen-bond donors (Lipinski definition) is 1. The molecule has 3 rings (SSSR count). The highest BCUT2D eigenvalue weighted by Crippen LogP contribution is 2.30. The van der Waals surface area contributed by atoms with Crippen LogP contribution in [0.3, 0.4) is 0 Å². The van der Waals surface area contributed by atoms with Crippen molar-refractivity contribution in [1.82, 2.24) is 9.97 Å². The van der Waals surface area contributed by atoms with E-state index in [0.717, 1.165) is 35.8 Å². The van der Waals surface area contributed by atoms with E-state index in [0.29, 0.717) is 5.92 Å². The third kappa shape index (κ3) is 2.10. The van der Waals surface area contributed by atoms with Gasteiger partial charge < -0.3 is 14.9 Å². The summed E-state index contributed by atoms with van der Waals surface area (Å²) in [6.45, 7) is 1.98. The van der Waals surface area contributed by atoms with Crippen LogP contribution in [0.1, 0.15) is 0 Å². The minimum atomic E-state index is 0.250. The maximum absolute atomic E-state index is 9.14. The van der Waals surface area contributed by atoms with E-state index in [2.05, 4.69) is 20.9 Å². The summed E-state index contributed by atoms with van der Waals surface area (Å²) >= 11 is 0. The molecule has 100 valence electrons. The molecule has 1 fully saturated rings. The highest BCUT2D eigenvalue weighted by atomic mass is 16.3. The molecule has 0 saturated carbocycles. The molecule has 1 aromatic heterocycles. The Labute approximate surface area is 112 Å². The van der Waals surface area contributed by atoms with E-state index < -0.39 is 0 Å². The molecule has 5 heteroatoms. The summed E-state index contributed by atoms with van der Waals surface area (Å²) < 4.78 is 0. The van der Waals surface area contributed by atoms with Crippen LogP contribution in [0.2, 0.25) is 0 Å². The second kappa shape index (κ2) is 4.66. The maximum Gasteiger partial charge on any atom is 0.227 e. The van der Waals surface area contributed by atoms with Gasteiger partial charge in [0.2, 0.25) is 5.95 Å². The molecular weight excluding hydrogens is 240 g/mol. The monoisotopic (exact) mass is 258 g/mol. The van der Waals surface area contributed by atoms with E-state index in [1.807, 2.05) is 37.2 Å². The summed E-state index contributed by atoms with van der Waals surface area (Å²) in [4.78, 5) is 13.3. The highest BCUT2D eigenvalue weighted by molar-refractivity contribution is 5.90. The minimum Gasteiger partial charge on any atom is -0.396 e. The molecule has 0 radical (unpaired) electrons. The second-order valence-corrected chi connectivity index (χ2v) is 5.21. The van der Waals surface area contributed by atoms with Crippen LogP contribution in [0.25, 0.3) is 10.9 Å². The number of aromatic nitrogens is 2. The summed E-state index contributed by atoms with van der Waals surface area (Å²) in [5, 5.41) is 10.2. The molecule has 0 atom stereocenters. The highest BCUT2D eigenvalue weighted by Gasteiger charge is 2.28. The molecule has 19 heavy (non-hydrogen) atoms. The van der Waals surface area contributed by atoms with Crippen molar-refractivity contribution < 1.29 is 5.11 Å². The number of rotatable bonds is 3. The standard InChI is InChI=1S/C14H18N4O/c1-17(2)14-15-12-6-4-3-5-11(12)13(16-14)18-7-10(8-18)9-19/h3-6,10,19H,7-9H2,1-2H3. The lowest BCUT2D eigenvalue weighted by molar-refractivity contribution is 0.200. The fraction of sp³-hybridized carbons (Fsp3) is 0.429. The van der Waals surface area contributed by atoms with Crippen LogP contribution < -0.4 is 9.80 Å². The van der Waals surface area contributed by atoms with Crippen molar-refractivity contribution in [2.75, 3.05) is 43.6 Å². The fourth-order valence-corrected chi connectivity index (χ4v) is 2.35. The zero-order chi connectivity index (χ0) is 13.4. The van der Waals surface area contributed by atoms with Gasteiger partial charge in [-0.05, 0) is 12.1 Å². The number of aliphatic hydroxyl groups excluding tert-OH is 1. The molecule has 1 saturated heterocycles. The van der Waals surface area contributed by atoms with Crippen molar-refractivity contribution in [3.05, 3.63) is 24.3 Å². The molecule has 1 aliphatic rings. The summed E-state index contributed by atoms with van der Waals surface area (Å²) in [7, 11) is 3.89. The molecule has 2 aromatic rings. The molecule has 0 spiro atoms. The predicted molar refractivity (Wildman–Crippen MR) is 76.7 cm³/mol. The lowest BCUT2D eigenvalue weighted by Crippen LogP contribution is -2.49. The van der Waals surface area contributed by atoms with Gasteiger partial charge in [0.1, 0.15) is 5.82 Å². The van der Waals surface area contributed by atoms with Gasteiger partial charge in [-0.3, -0.25) is 0 Å². The third-order valence-corrected chi connectivity index (χ3v) is 3.49. The Hall–Kier alpha value is -1.88. The zero-order valence-corrected chi connectivity index (χ0v) is 11.2. The van der Waals surface area contributed by atoms with E-state index in [9.17, 15) is 0 Å². The lowest BCUT2D eigenvalue weighted by Gasteiger charge is -2.39. The summed E-state index contributed by atoms with van der Waals surface area (Å²) in [6, 6.07) is 8.06. The number of hydrogen-bond acceptors (Lipinski definition) is 5. The molecule has 1 N–H and O–H groups in total. The van der Waals surface area contributed by atoms with Crippen LogP contribution in [0.5, 0.6) is 0 Å². The van der Waals surface area contributed by atoms with Crippen molar-refractivity contribution in [1.29, 1.82) is 0 Å². The predicted octanol–water partition coefficient (Wildman–Crippen LogP) is 1.12. The smallest absolute Gasteiger partial charge is 0.227 e. The van der Waals surface area contributed by atoms with Crippen LogP contribution in [0.4, 0.5) is 11.8 Å². The van der Waals surface area contributed by atoms with Gasteiger partial charge in [-0.15, -0.1) is 0 Å². The molecule has 1 aliphatic heterocycles. The average molecular weight is 258 g/mol.